The SMILES string of the molecule is Cc1cc(Br)ccc1NC(=O)NC(CC(=O)O)C(=O)O. The van der Waals surface area contributed by atoms with E-state index in [4.69, 9.17) is 10.2 Å². The van der Waals surface area contributed by atoms with Gasteiger partial charge in [0, 0.05) is 10.2 Å². The molecule has 1 atom stereocenters. The van der Waals surface area contributed by atoms with E-state index < -0.39 is 30.4 Å². The molecule has 0 aliphatic carbocycles. The summed E-state index contributed by atoms with van der Waals surface area (Å²) in [6.45, 7) is 1.77. The highest BCUT2D eigenvalue weighted by Gasteiger charge is 2.23. The standard InChI is InChI=1S/C12H13BrN2O5/c1-6-4-7(13)2-3-8(6)14-12(20)15-9(11(18)19)5-10(16)17/h2-4,9H,5H2,1H3,(H,16,17)(H,18,19)(H2,14,15,20). The first-order valence-electron chi connectivity index (χ1n) is 5.58. The van der Waals surface area contributed by atoms with Crippen molar-refractivity contribution >= 4 is 39.6 Å². The van der Waals surface area contributed by atoms with Gasteiger partial charge in [-0.05, 0) is 30.7 Å². The molecule has 0 saturated heterocycles. The molecule has 0 aromatic heterocycles. The molecular weight excluding hydrogens is 332 g/mol. The minimum atomic E-state index is -1.48. The van der Waals surface area contributed by atoms with E-state index in [1.54, 1.807) is 25.1 Å². The van der Waals surface area contributed by atoms with Crippen molar-refractivity contribution in [2.24, 2.45) is 0 Å². The van der Waals surface area contributed by atoms with Gasteiger partial charge in [0.2, 0.25) is 0 Å². The number of amides is 2. The van der Waals surface area contributed by atoms with Crippen molar-refractivity contribution in [3.63, 3.8) is 0 Å². The number of aliphatic carboxylic acids is 2. The Morgan fingerprint density at radius 2 is 1.95 bits per heavy atom. The first kappa shape index (κ1) is 16.0. The average molecular weight is 345 g/mol. The molecule has 0 aliphatic heterocycles. The van der Waals surface area contributed by atoms with E-state index in [9.17, 15) is 14.4 Å². The van der Waals surface area contributed by atoms with E-state index >= 15 is 0 Å². The summed E-state index contributed by atoms with van der Waals surface area (Å²) in [5.74, 6) is -2.72. The van der Waals surface area contributed by atoms with Crippen molar-refractivity contribution in [3.05, 3.63) is 28.2 Å². The zero-order valence-electron chi connectivity index (χ0n) is 10.5. The Labute approximate surface area is 123 Å². The van der Waals surface area contributed by atoms with Crippen LogP contribution in [-0.4, -0.2) is 34.2 Å². The molecule has 0 heterocycles. The van der Waals surface area contributed by atoms with Gasteiger partial charge in [-0.2, -0.15) is 0 Å². The lowest BCUT2D eigenvalue weighted by molar-refractivity contribution is -0.145. The molecule has 1 aromatic carbocycles. The second-order valence-corrected chi connectivity index (χ2v) is 4.96. The predicted octanol–water partition coefficient (Wildman–Crippen LogP) is 1.81. The van der Waals surface area contributed by atoms with E-state index in [0.717, 1.165) is 10.0 Å². The lowest BCUT2D eigenvalue weighted by Crippen LogP contribution is -2.44. The maximum atomic E-state index is 11.7. The van der Waals surface area contributed by atoms with Gasteiger partial charge in [0.1, 0.15) is 6.04 Å². The second-order valence-electron chi connectivity index (χ2n) is 4.05. The number of benzene rings is 1. The van der Waals surface area contributed by atoms with Crippen LogP contribution in [0.4, 0.5) is 10.5 Å². The van der Waals surface area contributed by atoms with Crippen LogP contribution >= 0.6 is 15.9 Å². The van der Waals surface area contributed by atoms with Crippen LogP contribution in [0, 0.1) is 6.92 Å². The van der Waals surface area contributed by atoms with Gasteiger partial charge in [-0.1, -0.05) is 15.9 Å². The summed E-state index contributed by atoms with van der Waals surface area (Å²) in [7, 11) is 0. The van der Waals surface area contributed by atoms with E-state index in [1.807, 2.05) is 0 Å². The molecular formula is C12H13BrN2O5. The third kappa shape index (κ3) is 4.88. The Morgan fingerprint density at radius 3 is 2.45 bits per heavy atom. The molecule has 4 N–H and O–H groups in total. The van der Waals surface area contributed by atoms with Gasteiger partial charge in [-0.25, -0.2) is 9.59 Å². The molecule has 2 amide bonds. The van der Waals surface area contributed by atoms with Gasteiger partial charge in [0.25, 0.3) is 0 Å². The summed E-state index contributed by atoms with van der Waals surface area (Å²) in [5.41, 5.74) is 1.28. The zero-order valence-corrected chi connectivity index (χ0v) is 12.1. The number of hydrogen-bond donors (Lipinski definition) is 4. The van der Waals surface area contributed by atoms with Gasteiger partial charge < -0.3 is 20.8 Å². The highest BCUT2D eigenvalue weighted by atomic mass is 79.9. The molecule has 0 fully saturated rings. The lowest BCUT2D eigenvalue weighted by Gasteiger charge is -2.14. The molecule has 8 heteroatoms. The number of hydrogen-bond acceptors (Lipinski definition) is 3. The first-order valence-corrected chi connectivity index (χ1v) is 6.37. The van der Waals surface area contributed by atoms with Gasteiger partial charge in [0.15, 0.2) is 0 Å². The maximum Gasteiger partial charge on any atom is 0.326 e. The first-order chi connectivity index (χ1) is 9.29. The molecule has 108 valence electrons. The van der Waals surface area contributed by atoms with Crippen molar-refractivity contribution < 1.29 is 24.6 Å². The number of aryl methyl sites for hydroxylation is 1. The Hall–Kier alpha value is -2.09. The lowest BCUT2D eigenvalue weighted by atomic mass is 10.2. The molecule has 0 radical (unpaired) electrons. The van der Waals surface area contributed by atoms with Crippen LogP contribution in [0.5, 0.6) is 0 Å². The molecule has 20 heavy (non-hydrogen) atoms. The summed E-state index contributed by atoms with van der Waals surface area (Å²) in [6.07, 6.45) is -0.692. The van der Waals surface area contributed by atoms with Crippen LogP contribution in [0.15, 0.2) is 22.7 Å². The van der Waals surface area contributed by atoms with E-state index in [0.29, 0.717) is 5.69 Å². The largest absolute Gasteiger partial charge is 0.481 e. The topological polar surface area (TPSA) is 116 Å². The van der Waals surface area contributed by atoms with E-state index in [1.165, 1.54) is 0 Å². The molecule has 1 rings (SSSR count). The van der Waals surface area contributed by atoms with Crippen molar-refractivity contribution in [1.29, 1.82) is 0 Å². The van der Waals surface area contributed by atoms with Crippen molar-refractivity contribution in [2.75, 3.05) is 5.32 Å². The van der Waals surface area contributed by atoms with Crippen molar-refractivity contribution in [1.82, 2.24) is 5.32 Å². The summed E-state index contributed by atoms with van der Waals surface area (Å²) in [4.78, 5) is 33.0. The molecule has 0 bridgehead atoms. The fourth-order valence-corrected chi connectivity index (χ4v) is 1.93. The van der Waals surface area contributed by atoms with Crippen LogP contribution in [-0.2, 0) is 9.59 Å². The van der Waals surface area contributed by atoms with Gasteiger partial charge in [0.05, 0.1) is 6.42 Å². The number of halogens is 1. The fourth-order valence-electron chi connectivity index (χ4n) is 1.46. The van der Waals surface area contributed by atoms with Gasteiger partial charge in [-0.15, -0.1) is 0 Å². The van der Waals surface area contributed by atoms with Crippen molar-refractivity contribution in [2.45, 2.75) is 19.4 Å². The maximum absolute atomic E-state index is 11.7. The van der Waals surface area contributed by atoms with E-state index in [2.05, 4.69) is 26.6 Å². The summed E-state index contributed by atoms with van der Waals surface area (Å²) in [5, 5.41) is 22.0. The quantitative estimate of drug-likeness (QED) is 0.650. The van der Waals surface area contributed by atoms with Gasteiger partial charge >= 0.3 is 18.0 Å². The fraction of sp³-hybridized carbons (Fsp3) is 0.250. The average Bonchev–Trinajstić information content (AvgIpc) is 2.31. The normalized spacial score (nSPS) is 11.5. The number of carboxylic acids is 2. The Kier molecular flexibility index (Phi) is 5.51. The highest BCUT2D eigenvalue weighted by molar-refractivity contribution is 9.10. The highest BCUT2D eigenvalue weighted by Crippen LogP contribution is 2.19. The third-order valence-corrected chi connectivity index (χ3v) is 2.91. The second kappa shape index (κ2) is 6.90. The van der Waals surface area contributed by atoms with Crippen LogP contribution in [0.25, 0.3) is 0 Å². The molecule has 0 saturated carbocycles. The minimum absolute atomic E-state index is 0.505. The molecule has 0 aliphatic rings. The summed E-state index contributed by atoms with van der Waals surface area (Å²) >= 11 is 3.28. The van der Waals surface area contributed by atoms with E-state index in [-0.39, 0.29) is 0 Å². The Morgan fingerprint density at radius 1 is 1.30 bits per heavy atom. The number of rotatable bonds is 5. The minimum Gasteiger partial charge on any atom is -0.481 e. The smallest absolute Gasteiger partial charge is 0.326 e. The Bertz CT molecular complexity index is 547. The van der Waals surface area contributed by atoms with Crippen LogP contribution in [0.1, 0.15) is 12.0 Å². The summed E-state index contributed by atoms with van der Waals surface area (Å²) < 4.78 is 0.843. The number of carboxylic acid groups (broad SMARTS) is 2. The molecule has 1 aromatic rings. The van der Waals surface area contributed by atoms with Gasteiger partial charge in [-0.3, -0.25) is 4.79 Å². The number of urea groups is 1. The number of carbonyl (C=O) groups is 3. The zero-order chi connectivity index (χ0) is 15.3. The predicted molar refractivity (Wildman–Crippen MR) is 74.7 cm³/mol. The van der Waals surface area contributed by atoms with Crippen LogP contribution in [0.2, 0.25) is 0 Å². The third-order valence-electron chi connectivity index (χ3n) is 2.42. The van der Waals surface area contributed by atoms with Crippen molar-refractivity contribution in [3.8, 4) is 0 Å². The monoisotopic (exact) mass is 344 g/mol. The number of nitrogens with one attached hydrogen (secondary N) is 2. The molecule has 0 spiro atoms. The summed E-state index contributed by atoms with van der Waals surface area (Å²) in [6, 6.07) is 2.88. The molecule has 7 nitrogen and oxygen atoms in total. The molecule has 1 unspecified atom stereocenters. The number of anilines is 1. The van der Waals surface area contributed by atoms with Crippen LogP contribution < -0.4 is 10.6 Å². The van der Waals surface area contributed by atoms with Crippen LogP contribution in [0.3, 0.4) is 0 Å². The number of carbonyl (C=O) groups excluding carboxylic acids is 1. The Balaban J connectivity index is 2.70.